The van der Waals surface area contributed by atoms with Gasteiger partial charge in [0.15, 0.2) is 0 Å². The lowest BCUT2D eigenvalue weighted by atomic mass is 9.71. The molecule has 0 saturated heterocycles. The minimum Gasteiger partial charge on any atom is -0.393 e. The van der Waals surface area contributed by atoms with Crippen molar-refractivity contribution in [2.75, 3.05) is 0 Å². The summed E-state index contributed by atoms with van der Waals surface area (Å²) in [5.74, 6) is 0. The van der Waals surface area contributed by atoms with Gasteiger partial charge in [-0.1, -0.05) is 151 Å². The number of hydrogen-bond acceptors (Lipinski definition) is 2. The van der Waals surface area contributed by atoms with Crippen LogP contribution in [0.25, 0.3) is 0 Å². The van der Waals surface area contributed by atoms with Crippen molar-refractivity contribution in [2.24, 2.45) is 5.41 Å². The van der Waals surface area contributed by atoms with Gasteiger partial charge in [0.2, 0.25) is 0 Å². The van der Waals surface area contributed by atoms with Crippen LogP contribution in [0, 0.1) is 5.41 Å². The largest absolute Gasteiger partial charge is 0.393 e. The van der Waals surface area contributed by atoms with Crippen LogP contribution in [0.1, 0.15) is 88.5 Å². The second-order valence-electron chi connectivity index (χ2n) is 12.9. The van der Waals surface area contributed by atoms with Gasteiger partial charge < -0.3 is 10.2 Å². The van der Waals surface area contributed by atoms with Crippen LogP contribution in [0.5, 0.6) is 0 Å². The van der Waals surface area contributed by atoms with E-state index in [9.17, 15) is 10.2 Å². The molecule has 1 aliphatic rings. The van der Waals surface area contributed by atoms with Crippen LogP contribution in [0.4, 0.5) is 0 Å². The summed E-state index contributed by atoms with van der Waals surface area (Å²) in [5.41, 5.74) is 7.86. The topological polar surface area (TPSA) is 40.5 Å². The molecule has 42 heavy (non-hydrogen) atoms. The zero-order valence-corrected chi connectivity index (χ0v) is 27.9. The minimum atomic E-state index is -0.666. The van der Waals surface area contributed by atoms with Crippen molar-refractivity contribution < 1.29 is 10.2 Å². The van der Waals surface area contributed by atoms with E-state index in [0.29, 0.717) is 6.42 Å². The molecule has 2 heteroatoms. The monoisotopic (exact) mass is 568 g/mol. The summed E-state index contributed by atoms with van der Waals surface area (Å²) < 4.78 is 0. The maximum atomic E-state index is 10.1. The van der Waals surface area contributed by atoms with E-state index in [4.69, 9.17) is 0 Å². The highest BCUT2D eigenvalue weighted by molar-refractivity contribution is 5.38. The fraction of sp³-hybridized carbons (Fsp3) is 0.400. The van der Waals surface area contributed by atoms with Crippen molar-refractivity contribution in [3.8, 4) is 0 Å². The molecule has 0 aromatic rings. The van der Waals surface area contributed by atoms with Crippen LogP contribution in [0.3, 0.4) is 0 Å². The zero-order chi connectivity index (χ0) is 31.8. The molecule has 0 aliphatic heterocycles. The fourth-order valence-corrected chi connectivity index (χ4v) is 4.68. The first-order valence-corrected chi connectivity index (χ1v) is 15.1. The van der Waals surface area contributed by atoms with Crippen LogP contribution >= 0.6 is 0 Å². The van der Waals surface area contributed by atoms with E-state index in [1.807, 2.05) is 26.0 Å². The van der Waals surface area contributed by atoms with E-state index in [2.05, 4.69) is 147 Å². The molecule has 0 saturated carbocycles. The summed E-state index contributed by atoms with van der Waals surface area (Å²) in [4.78, 5) is 0. The second-order valence-corrected chi connectivity index (χ2v) is 12.9. The lowest BCUT2D eigenvalue weighted by molar-refractivity contribution is 0.0839. The molecule has 1 atom stereocenters. The molecule has 228 valence electrons. The summed E-state index contributed by atoms with van der Waals surface area (Å²) in [6.45, 7) is 20.7. The van der Waals surface area contributed by atoms with Gasteiger partial charge in [0.05, 0.1) is 11.7 Å². The van der Waals surface area contributed by atoms with E-state index in [0.717, 1.165) is 18.4 Å². The van der Waals surface area contributed by atoms with Gasteiger partial charge in [-0.15, -0.1) is 0 Å². The highest BCUT2D eigenvalue weighted by atomic mass is 16.3. The standard InChI is InChI=1S/C40H56O2/c1-31(19-13-21-33(3)22-14-23-34(4)25-16-28-40(9,10)42)17-11-12-18-32(2)20-15-24-35(5)26-27-38-36(6)29-37(41)30-39(38,7)8/h11-27,37,41-42H,28-30H2,1-10H3/b12-11+,19-13+,20-15+,22-14+,25-16-,27-26+,31-17+,32-18+,33-21+,34-23+,35-24+. The number of hydrogen-bond donors (Lipinski definition) is 2. The number of rotatable bonds is 13. The first-order valence-electron chi connectivity index (χ1n) is 15.1. The third-order valence-electron chi connectivity index (χ3n) is 6.97. The molecule has 1 unspecified atom stereocenters. The van der Waals surface area contributed by atoms with Gasteiger partial charge in [0, 0.05) is 0 Å². The van der Waals surface area contributed by atoms with Crippen molar-refractivity contribution in [2.45, 2.75) is 100 Å². The zero-order valence-electron chi connectivity index (χ0n) is 27.9. The molecule has 0 radical (unpaired) electrons. The van der Waals surface area contributed by atoms with Gasteiger partial charge in [0.25, 0.3) is 0 Å². The maximum absolute atomic E-state index is 10.1. The Labute approximate surface area is 257 Å². The third-order valence-corrected chi connectivity index (χ3v) is 6.97. The molecule has 1 aliphatic carbocycles. The van der Waals surface area contributed by atoms with Gasteiger partial charge in [-0.05, 0) is 85.6 Å². The Morgan fingerprint density at radius 1 is 0.714 bits per heavy atom. The molecule has 0 bridgehead atoms. The molecule has 2 N–H and O–H groups in total. The number of allylic oxidation sites excluding steroid dienone is 22. The molecule has 0 aromatic heterocycles. The fourth-order valence-electron chi connectivity index (χ4n) is 4.68. The van der Waals surface area contributed by atoms with Gasteiger partial charge in [-0.3, -0.25) is 0 Å². The predicted octanol–water partition coefficient (Wildman–Crippen LogP) is 10.7. The Morgan fingerprint density at radius 2 is 1.12 bits per heavy atom. The van der Waals surface area contributed by atoms with E-state index >= 15 is 0 Å². The Kier molecular flexibility index (Phi) is 16.1. The van der Waals surface area contributed by atoms with Crippen LogP contribution < -0.4 is 0 Å². The summed E-state index contributed by atoms with van der Waals surface area (Å²) >= 11 is 0. The molecule has 1 rings (SSSR count). The first-order chi connectivity index (χ1) is 19.6. The summed E-state index contributed by atoms with van der Waals surface area (Å²) in [6.07, 6.45) is 37.6. The smallest absolute Gasteiger partial charge is 0.0626 e. The van der Waals surface area contributed by atoms with E-state index in [1.165, 1.54) is 33.4 Å². The molecule has 0 aromatic carbocycles. The molecule has 0 fully saturated rings. The number of aliphatic hydroxyl groups is 2. The van der Waals surface area contributed by atoms with Crippen molar-refractivity contribution in [1.29, 1.82) is 0 Å². The van der Waals surface area contributed by atoms with Crippen molar-refractivity contribution in [1.82, 2.24) is 0 Å². The summed E-state index contributed by atoms with van der Waals surface area (Å²) in [7, 11) is 0. The number of aliphatic hydroxyl groups excluding tert-OH is 1. The van der Waals surface area contributed by atoms with Gasteiger partial charge >= 0.3 is 0 Å². The molecular formula is C40H56O2. The van der Waals surface area contributed by atoms with Gasteiger partial charge in [-0.25, -0.2) is 0 Å². The Morgan fingerprint density at radius 3 is 1.55 bits per heavy atom. The molecule has 0 spiro atoms. The lowest BCUT2D eigenvalue weighted by Gasteiger charge is -2.35. The average molecular weight is 569 g/mol. The Bertz CT molecular complexity index is 1250. The van der Waals surface area contributed by atoms with E-state index < -0.39 is 5.60 Å². The third kappa shape index (κ3) is 16.9. The van der Waals surface area contributed by atoms with Crippen LogP contribution in [-0.4, -0.2) is 21.9 Å². The lowest BCUT2D eigenvalue weighted by Crippen LogP contribution is -2.28. The molecular weight excluding hydrogens is 512 g/mol. The second kappa shape index (κ2) is 18.4. The first kappa shape index (κ1) is 36.8. The Hall–Kier alpha value is -3.20. The maximum Gasteiger partial charge on any atom is 0.0626 e. The SMILES string of the molecule is CC1=C(/C=C/C(C)=C/C=C/C(C)=C/C=C/C=C(C)/C=C/C=C(C)/C=C/C=C(C)/C=C\CC(C)(C)O)C(C)(C)CC(O)C1. The molecule has 0 heterocycles. The highest BCUT2D eigenvalue weighted by Gasteiger charge is 2.31. The molecule has 2 nitrogen and oxygen atoms in total. The van der Waals surface area contributed by atoms with Crippen LogP contribution in [0.2, 0.25) is 0 Å². The van der Waals surface area contributed by atoms with Crippen molar-refractivity contribution in [3.63, 3.8) is 0 Å². The van der Waals surface area contributed by atoms with Crippen LogP contribution in [0.15, 0.2) is 142 Å². The summed E-state index contributed by atoms with van der Waals surface area (Å²) in [5, 5.41) is 19.9. The normalized spacial score (nSPS) is 20.8. The molecule has 0 amide bonds. The quantitative estimate of drug-likeness (QED) is 0.217. The van der Waals surface area contributed by atoms with Crippen LogP contribution in [-0.2, 0) is 0 Å². The van der Waals surface area contributed by atoms with Crippen molar-refractivity contribution in [3.05, 3.63) is 142 Å². The Balaban J connectivity index is 2.61. The predicted molar refractivity (Wildman–Crippen MR) is 186 cm³/mol. The average Bonchev–Trinajstić information content (AvgIpc) is 2.84. The summed E-state index contributed by atoms with van der Waals surface area (Å²) in [6, 6.07) is 0. The van der Waals surface area contributed by atoms with Gasteiger partial charge in [-0.2, -0.15) is 0 Å². The van der Waals surface area contributed by atoms with E-state index in [1.54, 1.807) is 0 Å². The van der Waals surface area contributed by atoms with E-state index in [-0.39, 0.29) is 11.5 Å². The minimum absolute atomic E-state index is 0.00454. The van der Waals surface area contributed by atoms with Gasteiger partial charge in [0.1, 0.15) is 0 Å². The highest BCUT2D eigenvalue weighted by Crippen LogP contribution is 2.41. The van der Waals surface area contributed by atoms with Crippen molar-refractivity contribution >= 4 is 0 Å².